The number of nitrogens with one attached hydrogen (secondary N) is 2. The molecule has 0 aromatic heterocycles. The van der Waals surface area contributed by atoms with Gasteiger partial charge in [0.1, 0.15) is 11.9 Å². The third-order valence-corrected chi connectivity index (χ3v) is 5.33. The van der Waals surface area contributed by atoms with Gasteiger partial charge in [-0.25, -0.2) is 4.39 Å². The molecular formula is C18H19FN4O4. The van der Waals surface area contributed by atoms with E-state index in [1.165, 1.54) is 21.9 Å². The highest BCUT2D eigenvalue weighted by molar-refractivity contribution is 6.40. The minimum Gasteiger partial charge on any atom is -0.352 e. The van der Waals surface area contributed by atoms with Gasteiger partial charge < -0.3 is 20.4 Å². The summed E-state index contributed by atoms with van der Waals surface area (Å²) >= 11 is 0. The molecule has 0 aliphatic carbocycles. The van der Waals surface area contributed by atoms with Crippen molar-refractivity contribution in [3.8, 4) is 0 Å². The number of carbonyl (C=O) groups is 4. The van der Waals surface area contributed by atoms with Crippen molar-refractivity contribution in [1.29, 1.82) is 0 Å². The first-order valence-electron chi connectivity index (χ1n) is 8.97. The van der Waals surface area contributed by atoms with Crippen LogP contribution < -0.4 is 15.5 Å². The number of halogens is 1. The molecular weight excluding hydrogens is 355 g/mol. The highest BCUT2D eigenvalue weighted by atomic mass is 19.1. The maximum atomic E-state index is 14.1. The third-order valence-electron chi connectivity index (χ3n) is 5.33. The Morgan fingerprint density at radius 1 is 1.22 bits per heavy atom. The van der Waals surface area contributed by atoms with Crippen LogP contribution >= 0.6 is 0 Å². The lowest BCUT2D eigenvalue weighted by Gasteiger charge is -2.33. The Labute approximate surface area is 154 Å². The normalized spacial score (nSPS) is 24.2. The predicted octanol–water partition coefficient (Wildman–Crippen LogP) is 0.380. The molecule has 3 aliphatic rings. The monoisotopic (exact) mass is 374 g/mol. The van der Waals surface area contributed by atoms with Crippen LogP contribution in [0.3, 0.4) is 0 Å². The van der Waals surface area contributed by atoms with E-state index in [4.69, 9.17) is 0 Å². The number of nitrogens with zero attached hydrogens (tertiary/aromatic N) is 2. The Hall–Kier alpha value is -2.97. The third kappa shape index (κ3) is 3.02. The number of fused-ring (bicyclic) bond motifs is 2. The molecule has 4 amide bonds. The van der Waals surface area contributed by atoms with Crippen LogP contribution in [0.4, 0.5) is 15.8 Å². The summed E-state index contributed by atoms with van der Waals surface area (Å²) in [6, 6.07) is 3.09. The van der Waals surface area contributed by atoms with Crippen molar-refractivity contribution in [1.82, 2.24) is 10.2 Å². The number of carbonyl (C=O) groups excluding carboxylic acids is 4. The smallest absolute Gasteiger partial charge is 0.314 e. The first-order chi connectivity index (χ1) is 13.0. The first kappa shape index (κ1) is 17.4. The van der Waals surface area contributed by atoms with E-state index < -0.39 is 23.7 Å². The summed E-state index contributed by atoms with van der Waals surface area (Å²) in [5, 5.41) is 5.00. The first-order valence-corrected chi connectivity index (χ1v) is 8.97. The topological polar surface area (TPSA) is 98.8 Å². The van der Waals surface area contributed by atoms with E-state index in [2.05, 4.69) is 10.6 Å². The van der Waals surface area contributed by atoms with Crippen molar-refractivity contribution in [2.24, 2.45) is 0 Å². The van der Waals surface area contributed by atoms with Crippen molar-refractivity contribution in [3.63, 3.8) is 0 Å². The fourth-order valence-corrected chi connectivity index (χ4v) is 3.98. The van der Waals surface area contributed by atoms with Gasteiger partial charge in [-0.05, 0) is 37.5 Å². The van der Waals surface area contributed by atoms with E-state index >= 15 is 0 Å². The van der Waals surface area contributed by atoms with Crippen molar-refractivity contribution >= 4 is 35.0 Å². The largest absolute Gasteiger partial charge is 0.352 e. The zero-order chi connectivity index (χ0) is 19.1. The summed E-state index contributed by atoms with van der Waals surface area (Å²) in [6.07, 6.45) is 2.30. The number of anilines is 2. The highest BCUT2D eigenvalue weighted by Crippen LogP contribution is 2.29. The second kappa shape index (κ2) is 6.64. The van der Waals surface area contributed by atoms with Crippen LogP contribution in [0.25, 0.3) is 0 Å². The van der Waals surface area contributed by atoms with Gasteiger partial charge in [-0.2, -0.15) is 0 Å². The van der Waals surface area contributed by atoms with Gasteiger partial charge in [0.15, 0.2) is 0 Å². The van der Waals surface area contributed by atoms with Crippen molar-refractivity contribution in [2.45, 2.75) is 37.8 Å². The zero-order valence-electron chi connectivity index (χ0n) is 14.5. The van der Waals surface area contributed by atoms with Crippen molar-refractivity contribution in [3.05, 3.63) is 24.0 Å². The maximum absolute atomic E-state index is 14.1. The quantitative estimate of drug-likeness (QED) is 0.731. The summed E-state index contributed by atoms with van der Waals surface area (Å²) in [4.78, 5) is 51.5. The molecule has 0 radical (unpaired) electrons. The van der Waals surface area contributed by atoms with Gasteiger partial charge in [-0.1, -0.05) is 0 Å². The number of hydrogen-bond donors (Lipinski definition) is 2. The fraction of sp³-hybridized carbons (Fsp3) is 0.444. The number of piperazine rings is 1. The van der Waals surface area contributed by atoms with Crippen molar-refractivity contribution < 1.29 is 23.6 Å². The second-order valence-corrected chi connectivity index (χ2v) is 6.97. The number of hydrogen-bond acceptors (Lipinski definition) is 4. The molecule has 1 aromatic carbocycles. The molecule has 3 heterocycles. The van der Waals surface area contributed by atoms with E-state index in [1.54, 1.807) is 0 Å². The van der Waals surface area contributed by atoms with Gasteiger partial charge in [0.25, 0.3) is 0 Å². The molecule has 27 heavy (non-hydrogen) atoms. The molecule has 3 aliphatic heterocycles. The Kier molecular flexibility index (Phi) is 4.29. The lowest BCUT2D eigenvalue weighted by Crippen LogP contribution is -2.59. The van der Waals surface area contributed by atoms with Gasteiger partial charge in [-0.15, -0.1) is 0 Å². The van der Waals surface area contributed by atoms with Gasteiger partial charge >= 0.3 is 11.8 Å². The Bertz CT molecular complexity index is 843. The SMILES string of the molecule is O=C(Nc1cc(N2CCCC2=O)ccc1F)C(=O)N1C2CCC1C(=O)NC2. The van der Waals surface area contributed by atoms with Crippen LogP contribution in [0, 0.1) is 5.82 Å². The van der Waals surface area contributed by atoms with Crippen LogP contribution in [-0.4, -0.2) is 53.7 Å². The van der Waals surface area contributed by atoms with Crippen LogP contribution in [0.5, 0.6) is 0 Å². The van der Waals surface area contributed by atoms with Crippen LogP contribution in [0.1, 0.15) is 25.7 Å². The van der Waals surface area contributed by atoms with Crippen molar-refractivity contribution in [2.75, 3.05) is 23.3 Å². The molecule has 2 unspecified atom stereocenters. The molecule has 0 spiro atoms. The minimum atomic E-state index is -0.995. The lowest BCUT2D eigenvalue weighted by molar-refractivity contribution is -0.149. The predicted molar refractivity (Wildman–Crippen MR) is 93.3 cm³/mol. The van der Waals surface area contributed by atoms with Gasteiger partial charge in [0.2, 0.25) is 11.8 Å². The molecule has 0 saturated carbocycles. The Balaban J connectivity index is 1.52. The highest BCUT2D eigenvalue weighted by Gasteiger charge is 2.46. The molecule has 2 atom stereocenters. The fourth-order valence-electron chi connectivity index (χ4n) is 3.98. The average Bonchev–Trinajstić information content (AvgIpc) is 3.22. The van der Waals surface area contributed by atoms with Gasteiger partial charge in [-0.3, -0.25) is 19.2 Å². The van der Waals surface area contributed by atoms with Gasteiger partial charge in [0, 0.05) is 25.2 Å². The van der Waals surface area contributed by atoms with E-state index in [0.29, 0.717) is 38.0 Å². The molecule has 142 valence electrons. The van der Waals surface area contributed by atoms with Crippen LogP contribution in [0.2, 0.25) is 0 Å². The number of benzene rings is 1. The van der Waals surface area contributed by atoms with Crippen LogP contribution in [-0.2, 0) is 19.2 Å². The molecule has 8 nitrogen and oxygen atoms in total. The second-order valence-electron chi connectivity index (χ2n) is 6.97. The summed E-state index contributed by atoms with van der Waals surface area (Å²) in [6.45, 7) is 0.846. The molecule has 9 heteroatoms. The molecule has 2 N–H and O–H groups in total. The standard InChI is InChI=1S/C18H19FN4O4/c19-12-5-3-10(22-7-1-2-15(22)24)8-13(12)21-17(26)18(27)23-11-4-6-14(23)16(25)20-9-11/h3,5,8,11,14H,1-2,4,6-7,9H2,(H,20,25)(H,21,26). The summed E-state index contributed by atoms with van der Waals surface area (Å²) < 4.78 is 14.1. The van der Waals surface area contributed by atoms with E-state index in [1.807, 2.05) is 0 Å². The summed E-state index contributed by atoms with van der Waals surface area (Å²) in [7, 11) is 0. The molecule has 4 rings (SSSR count). The lowest BCUT2D eigenvalue weighted by atomic mass is 10.2. The summed E-state index contributed by atoms with van der Waals surface area (Å²) in [5.41, 5.74) is 0.304. The zero-order valence-corrected chi connectivity index (χ0v) is 14.5. The Morgan fingerprint density at radius 2 is 2.04 bits per heavy atom. The summed E-state index contributed by atoms with van der Waals surface area (Å²) in [5.74, 6) is -2.88. The molecule has 2 bridgehead atoms. The van der Waals surface area contributed by atoms with E-state index in [0.717, 1.165) is 12.5 Å². The molecule has 3 fully saturated rings. The average molecular weight is 374 g/mol. The number of amides is 4. The Morgan fingerprint density at radius 3 is 2.78 bits per heavy atom. The van der Waals surface area contributed by atoms with E-state index in [-0.39, 0.29) is 23.5 Å². The minimum absolute atomic E-state index is 0.0640. The number of rotatable bonds is 2. The molecule has 1 aromatic rings. The maximum Gasteiger partial charge on any atom is 0.314 e. The van der Waals surface area contributed by atoms with Crippen LogP contribution in [0.15, 0.2) is 18.2 Å². The van der Waals surface area contributed by atoms with Gasteiger partial charge in [0.05, 0.1) is 11.7 Å². The van der Waals surface area contributed by atoms with E-state index in [9.17, 15) is 23.6 Å². The molecule has 3 saturated heterocycles.